The van der Waals surface area contributed by atoms with Gasteiger partial charge in [0.25, 0.3) is 11.8 Å². The molecular formula is C35H39N5O5S. The zero-order chi connectivity index (χ0) is 32.5. The highest BCUT2D eigenvalue weighted by Gasteiger charge is 2.36. The molecule has 1 aliphatic rings. The van der Waals surface area contributed by atoms with Gasteiger partial charge in [-0.3, -0.25) is 19.3 Å². The highest BCUT2D eigenvalue weighted by atomic mass is 32.1. The van der Waals surface area contributed by atoms with Crippen LogP contribution in [-0.4, -0.2) is 46.4 Å². The molecule has 240 valence electrons. The lowest BCUT2D eigenvalue weighted by molar-refractivity contribution is -0.122. The Labute approximate surface area is 272 Å². The van der Waals surface area contributed by atoms with Crippen LogP contribution in [0.5, 0.6) is 11.5 Å². The van der Waals surface area contributed by atoms with E-state index in [1.165, 1.54) is 17.0 Å². The van der Waals surface area contributed by atoms with Crippen LogP contribution in [0.1, 0.15) is 76.4 Å². The quantitative estimate of drug-likeness (QED) is 0.157. The van der Waals surface area contributed by atoms with Gasteiger partial charge in [0.15, 0.2) is 5.69 Å². The third-order valence-corrected chi connectivity index (χ3v) is 8.84. The van der Waals surface area contributed by atoms with Crippen LogP contribution < -0.4 is 26.0 Å². The number of carbonyl (C=O) groups excluding carboxylic acids is 3. The Morgan fingerprint density at radius 2 is 1.70 bits per heavy atom. The highest BCUT2D eigenvalue weighted by Crippen LogP contribution is 2.34. The van der Waals surface area contributed by atoms with Crippen molar-refractivity contribution in [1.82, 2.24) is 15.0 Å². The molecular weight excluding hydrogens is 602 g/mol. The van der Waals surface area contributed by atoms with Gasteiger partial charge in [-0.05, 0) is 85.2 Å². The van der Waals surface area contributed by atoms with E-state index in [2.05, 4.69) is 15.0 Å². The van der Waals surface area contributed by atoms with Crippen LogP contribution in [0.2, 0.25) is 0 Å². The van der Waals surface area contributed by atoms with Crippen molar-refractivity contribution in [2.24, 2.45) is 0 Å². The van der Waals surface area contributed by atoms with Crippen molar-refractivity contribution < 1.29 is 24.2 Å². The van der Waals surface area contributed by atoms with E-state index < -0.39 is 23.8 Å². The molecule has 3 aromatic carbocycles. The van der Waals surface area contributed by atoms with E-state index in [1.54, 1.807) is 36.4 Å². The van der Waals surface area contributed by atoms with Gasteiger partial charge in [-0.15, -0.1) is 0 Å². The molecule has 1 aliphatic carbocycles. The number of aromatic nitrogens is 1. The predicted molar refractivity (Wildman–Crippen MR) is 179 cm³/mol. The summed E-state index contributed by atoms with van der Waals surface area (Å²) in [6.45, 7) is 2.67. The highest BCUT2D eigenvalue weighted by molar-refractivity contribution is 7.09. The van der Waals surface area contributed by atoms with Crippen LogP contribution >= 0.6 is 11.5 Å². The number of aromatic hydroxyl groups is 1. The van der Waals surface area contributed by atoms with E-state index in [0.29, 0.717) is 36.6 Å². The van der Waals surface area contributed by atoms with Crippen LogP contribution in [-0.2, 0) is 11.2 Å². The maximum atomic E-state index is 14.5. The first-order valence-corrected chi connectivity index (χ1v) is 16.4. The summed E-state index contributed by atoms with van der Waals surface area (Å²) in [4.78, 5) is 43.1. The number of benzene rings is 3. The molecule has 4 aromatic rings. The molecule has 0 aliphatic heterocycles. The minimum Gasteiger partial charge on any atom is -0.508 e. The van der Waals surface area contributed by atoms with Crippen LogP contribution in [0.4, 0.5) is 11.4 Å². The fraction of sp³-hybridized carbons (Fsp3) is 0.314. The van der Waals surface area contributed by atoms with Crippen molar-refractivity contribution in [2.75, 3.05) is 23.8 Å². The number of nitrogens with zero attached hydrogens (tertiary/aromatic N) is 2. The van der Waals surface area contributed by atoms with Crippen molar-refractivity contribution >= 4 is 40.6 Å². The summed E-state index contributed by atoms with van der Waals surface area (Å²) >= 11 is 0.827. The second kappa shape index (κ2) is 15.4. The van der Waals surface area contributed by atoms with Gasteiger partial charge in [-0.25, -0.2) is 0 Å². The largest absolute Gasteiger partial charge is 0.508 e. The zero-order valence-corrected chi connectivity index (χ0v) is 26.6. The molecule has 5 rings (SSSR count). The molecule has 1 fully saturated rings. The summed E-state index contributed by atoms with van der Waals surface area (Å²) in [5.41, 5.74) is 8.35. The smallest absolute Gasteiger partial charge is 0.273 e. The molecule has 11 heteroatoms. The number of anilines is 2. The standard InChI is InChI=1S/C35H39N5O5S/c1-2-45-28-19-15-26(16-20-28)40(35(44)32-29(36)30(39-46-32)33(42)38-25-11-7-4-8-12-25)31(24-13-17-27(41)18-14-24)34(43)37-22-21-23-9-5-3-6-10-23/h3,5-6,9-10,13-20,25,31,41H,2,4,7-8,11-12,21-22,36H2,1H3,(H,37,43)(H,38,42)/t31-/m0/s1. The number of hydrogen-bond donors (Lipinski definition) is 4. The lowest BCUT2D eigenvalue weighted by Gasteiger charge is -2.31. The molecule has 0 saturated heterocycles. The zero-order valence-electron chi connectivity index (χ0n) is 25.8. The number of amides is 3. The Balaban J connectivity index is 1.50. The SMILES string of the molecule is CCOc1ccc(N(C(=O)c2snc(C(=O)NC3CCCCC3)c2N)[C@H](C(=O)NCCc2ccccc2)c2ccc(O)cc2)cc1. The first kappa shape index (κ1) is 32.5. The van der Waals surface area contributed by atoms with Gasteiger partial charge in [-0.1, -0.05) is 61.7 Å². The predicted octanol–water partition coefficient (Wildman–Crippen LogP) is 5.64. The van der Waals surface area contributed by atoms with E-state index in [0.717, 1.165) is 49.2 Å². The van der Waals surface area contributed by atoms with E-state index >= 15 is 0 Å². The number of carbonyl (C=O) groups is 3. The Hall–Kier alpha value is -4.90. The summed E-state index contributed by atoms with van der Waals surface area (Å²) in [6, 6.07) is 21.6. The average molecular weight is 642 g/mol. The third-order valence-electron chi connectivity index (χ3n) is 7.99. The lowest BCUT2D eigenvalue weighted by atomic mass is 9.95. The normalized spacial score (nSPS) is 13.8. The van der Waals surface area contributed by atoms with Gasteiger partial charge in [0.05, 0.1) is 12.3 Å². The first-order valence-electron chi connectivity index (χ1n) is 15.6. The summed E-state index contributed by atoms with van der Waals surface area (Å²) in [5, 5.41) is 16.0. The topological polar surface area (TPSA) is 147 Å². The van der Waals surface area contributed by atoms with Gasteiger partial charge < -0.3 is 26.2 Å². The van der Waals surface area contributed by atoms with Crippen LogP contribution in [0.3, 0.4) is 0 Å². The Morgan fingerprint density at radius 3 is 2.37 bits per heavy atom. The maximum absolute atomic E-state index is 14.5. The monoisotopic (exact) mass is 641 g/mol. The third kappa shape index (κ3) is 7.84. The van der Waals surface area contributed by atoms with Gasteiger partial charge >= 0.3 is 0 Å². The molecule has 0 unspecified atom stereocenters. The fourth-order valence-corrected chi connectivity index (χ4v) is 6.36. The van der Waals surface area contributed by atoms with Crippen molar-refractivity contribution in [1.29, 1.82) is 0 Å². The number of nitrogens with one attached hydrogen (secondary N) is 2. The first-order chi connectivity index (χ1) is 22.4. The van der Waals surface area contributed by atoms with E-state index in [1.807, 2.05) is 37.3 Å². The molecule has 10 nitrogen and oxygen atoms in total. The minimum atomic E-state index is -1.15. The number of phenolic OH excluding ortho intramolecular Hbond substituents is 1. The second-order valence-electron chi connectivity index (χ2n) is 11.2. The number of nitrogens with two attached hydrogens (primary N) is 1. The van der Waals surface area contributed by atoms with E-state index in [9.17, 15) is 19.5 Å². The molecule has 1 atom stereocenters. The minimum absolute atomic E-state index is 0.000867. The van der Waals surface area contributed by atoms with Crippen LogP contribution in [0, 0.1) is 0 Å². The van der Waals surface area contributed by atoms with Gasteiger partial charge in [0.2, 0.25) is 5.91 Å². The molecule has 0 radical (unpaired) electrons. The molecule has 46 heavy (non-hydrogen) atoms. The second-order valence-corrected chi connectivity index (χ2v) is 12.0. The average Bonchev–Trinajstić information content (AvgIpc) is 3.46. The van der Waals surface area contributed by atoms with Crippen LogP contribution in [0.25, 0.3) is 0 Å². The van der Waals surface area contributed by atoms with Crippen molar-refractivity contribution in [3.63, 3.8) is 0 Å². The number of phenols is 1. The van der Waals surface area contributed by atoms with E-state index in [-0.39, 0.29) is 28.0 Å². The Kier molecular flexibility index (Phi) is 10.9. The molecule has 0 spiro atoms. The molecule has 1 heterocycles. The lowest BCUT2D eigenvalue weighted by Crippen LogP contribution is -2.44. The Bertz CT molecular complexity index is 1620. The van der Waals surface area contributed by atoms with Gasteiger partial charge in [0, 0.05) is 18.3 Å². The fourth-order valence-electron chi connectivity index (χ4n) is 5.62. The molecule has 1 saturated carbocycles. The summed E-state index contributed by atoms with van der Waals surface area (Å²) in [7, 11) is 0. The molecule has 0 bridgehead atoms. The van der Waals surface area contributed by atoms with Crippen molar-refractivity contribution in [3.8, 4) is 11.5 Å². The van der Waals surface area contributed by atoms with Gasteiger partial charge in [-0.2, -0.15) is 4.37 Å². The van der Waals surface area contributed by atoms with Gasteiger partial charge in [0.1, 0.15) is 22.4 Å². The summed E-state index contributed by atoms with van der Waals surface area (Å²) in [5.74, 6) is -0.812. The number of rotatable bonds is 12. The maximum Gasteiger partial charge on any atom is 0.273 e. The summed E-state index contributed by atoms with van der Waals surface area (Å²) < 4.78 is 9.91. The summed E-state index contributed by atoms with van der Waals surface area (Å²) in [6.07, 6.45) is 5.61. The van der Waals surface area contributed by atoms with Crippen LogP contribution in [0.15, 0.2) is 78.9 Å². The number of nitrogen functional groups attached to an aromatic ring is 1. The number of ether oxygens (including phenoxy) is 1. The molecule has 5 N–H and O–H groups in total. The molecule has 3 amide bonds. The molecule has 1 aromatic heterocycles. The number of hydrogen-bond acceptors (Lipinski definition) is 8. The van der Waals surface area contributed by atoms with E-state index in [4.69, 9.17) is 10.5 Å². The Morgan fingerprint density at radius 1 is 1.00 bits per heavy atom. The van der Waals surface area contributed by atoms with Crippen molar-refractivity contribution in [2.45, 2.75) is 57.5 Å². The van der Waals surface area contributed by atoms with Crippen molar-refractivity contribution in [3.05, 3.63) is 101 Å².